The molecule has 4 rings (SSSR count). The molecule has 0 atom stereocenters. The molecule has 3 aromatic rings. The molecule has 11 heteroatoms. The molecule has 3 heterocycles. The van der Waals surface area contributed by atoms with Gasteiger partial charge in [-0.25, -0.2) is 4.98 Å². The number of aromatic nitrogens is 4. The van der Waals surface area contributed by atoms with E-state index < -0.39 is 0 Å². The number of benzene rings is 1. The lowest BCUT2D eigenvalue weighted by Crippen LogP contribution is -2.36. The van der Waals surface area contributed by atoms with Crippen LogP contribution in [0.25, 0.3) is 0 Å². The standard InChI is InChI=1S/C23H28N8O3/c1-3-21(32)26-17-4-6-18(7-5-17)27-22-20(30-8-12-34-13-9-30)15-24-23(29-22)28-19-14-25-31(16-19)10-11-33-2/h3-7,14-16H,1,8-13H2,2H3,(H,26,32)(H2,24,27,28,29). The van der Waals surface area contributed by atoms with Crippen LogP contribution in [0.5, 0.6) is 0 Å². The van der Waals surface area contributed by atoms with Gasteiger partial charge in [-0.1, -0.05) is 6.58 Å². The average Bonchev–Trinajstić information content (AvgIpc) is 3.31. The van der Waals surface area contributed by atoms with E-state index in [9.17, 15) is 4.79 Å². The van der Waals surface area contributed by atoms with Crippen molar-refractivity contribution < 1.29 is 14.3 Å². The molecule has 2 aromatic heterocycles. The topological polar surface area (TPSA) is 118 Å². The monoisotopic (exact) mass is 464 g/mol. The quantitative estimate of drug-likeness (QED) is 0.389. The number of carbonyl (C=O) groups is 1. The van der Waals surface area contributed by atoms with Crippen molar-refractivity contribution in [3.05, 3.63) is 55.5 Å². The first-order chi connectivity index (χ1) is 16.6. The number of hydrogen-bond donors (Lipinski definition) is 3. The van der Waals surface area contributed by atoms with Crippen molar-refractivity contribution in [2.45, 2.75) is 6.54 Å². The lowest BCUT2D eigenvalue weighted by molar-refractivity contribution is -0.111. The SMILES string of the molecule is C=CC(=O)Nc1ccc(Nc2nc(Nc3cnn(CCOC)c3)ncc2N2CCOCC2)cc1. The minimum absolute atomic E-state index is 0.257. The maximum absolute atomic E-state index is 11.5. The van der Waals surface area contributed by atoms with Gasteiger partial charge < -0.3 is 30.3 Å². The Balaban J connectivity index is 1.54. The molecule has 1 aliphatic rings. The van der Waals surface area contributed by atoms with Crippen LogP contribution in [0, 0.1) is 0 Å². The molecule has 0 radical (unpaired) electrons. The van der Waals surface area contributed by atoms with E-state index in [0.717, 1.165) is 30.2 Å². The van der Waals surface area contributed by atoms with Gasteiger partial charge in [0.25, 0.3) is 0 Å². The first-order valence-electron chi connectivity index (χ1n) is 10.9. The van der Waals surface area contributed by atoms with Gasteiger partial charge in [-0.15, -0.1) is 0 Å². The van der Waals surface area contributed by atoms with Crippen LogP contribution < -0.4 is 20.9 Å². The number of carbonyl (C=O) groups excluding carboxylic acids is 1. The molecule has 0 bridgehead atoms. The van der Waals surface area contributed by atoms with Gasteiger partial charge in [0.15, 0.2) is 5.82 Å². The van der Waals surface area contributed by atoms with E-state index >= 15 is 0 Å². The molecule has 1 aliphatic heterocycles. The number of hydrogen-bond acceptors (Lipinski definition) is 9. The highest BCUT2D eigenvalue weighted by Gasteiger charge is 2.18. The van der Waals surface area contributed by atoms with Gasteiger partial charge in [-0.3, -0.25) is 9.48 Å². The fourth-order valence-electron chi connectivity index (χ4n) is 3.39. The highest BCUT2D eigenvalue weighted by Crippen LogP contribution is 2.29. The molecule has 1 aromatic carbocycles. The normalized spacial score (nSPS) is 13.4. The van der Waals surface area contributed by atoms with Crippen LogP contribution in [0.4, 0.5) is 34.5 Å². The summed E-state index contributed by atoms with van der Waals surface area (Å²) in [4.78, 5) is 23.0. The number of rotatable bonds is 10. The number of ether oxygens (including phenoxy) is 2. The number of nitrogens with zero attached hydrogens (tertiary/aromatic N) is 5. The van der Waals surface area contributed by atoms with E-state index in [0.29, 0.717) is 43.8 Å². The van der Waals surface area contributed by atoms with Gasteiger partial charge in [0, 0.05) is 37.8 Å². The number of anilines is 6. The minimum atomic E-state index is -0.257. The van der Waals surface area contributed by atoms with Crippen molar-refractivity contribution in [3.63, 3.8) is 0 Å². The summed E-state index contributed by atoms with van der Waals surface area (Å²) in [6.07, 6.45) is 6.63. The zero-order chi connectivity index (χ0) is 23.8. The summed E-state index contributed by atoms with van der Waals surface area (Å²) < 4.78 is 12.4. The predicted octanol–water partition coefficient (Wildman–Crippen LogP) is 2.77. The van der Waals surface area contributed by atoms with Crippen molar-refractivity contribution in [3.8, 4) is 0 Å². The average molecular weight is 465 g/mol. The number of nitrogens with one attached hydrogen (secondary N) is 3. The Kier molecular flexibility index (Phi) is 7.68. The maximum atomic E-state index is 11.5. The van der Waals surface area contributed by atoms with Crippen LogP contribution in [0.1, 0.15) is 0 Å². The zero-order valence-electron chi connectivity index (χ0n) is 19.0. The molecule has 1 saturated heterocycles. The Morgan fingerprint density at radius 2 is 1.91 bits per heavy atom. The fourth-order valence-corrected chi connectivity index (χ4v) is 3.39. The van der Waals surface area contributed by atoms with Crippen molar-refractivity contribution in [1.29, 1.82) is 0 Å². The molecule has 34 heavy (non-hydrogen) atoms. The van der Waals surface area contributed by atoms with E-state index in [1.54, 1.807) is 24.2 Å². The molecule has 178 valence electrons. The van der Waals surface area contributed by atoms with Gasteiger partial charge in [0.2, 0.25) is 11.9 Å². The van der Waals surface area contributed by atoms with Gasteiger partial charge >= 0.3 is 0 Å². The highest BCUT2D eigenvalue weighted by molar-refractivity contribution is 5.99. The molecule has 1 fully saturated rings. The summed E-state index contributed by atoms with van der Waals surface area (Å²) in [5.74, 6) is 0.849. The van der Waals surface area contributed by atoms with Crippen molar-refractivity contribution in [1.82, 2.24) is 19.7 Å². The Hall–Kier alpha value is -3.96. The predicted molar refractivity (Wildman–Crippen MR) is 131 cm³/mol. The lowest BCUT2D eigenvalue weighted by Gasteiger charge is -2.30. The number of methoxy groups -OCH3 is 1. The fraction of sp³-hybridized carbons (Fsp3) is 0.304. The summed E-state index contributed by atoms with van der Waals surface area (Å²) in [6.45, 7) is 7.51. The second kappa shape index (κ2) is 11.3. The number of amides is 1. The Bertz CT molecular complexity index is 1110. The number of morpholine rings is 1. The van der Waals surface area contributed by atoms with E-state index in [1.807, 2.05) is 30.5 Å². The Morgan fingerprint density at radius 1 is 1.15 bits per heavy atom. The van der Waals surface area contributed by atoms with Gasteiger partial charge in [-0.2, -0.15) is 10.1 Å². The molecule has 1 amide bonds. The first-order valence-corrected chi connectivity index (χ1v) is 10.9. The first kappa shape index (κ1) is 23.2. The molecule has 11 nitrogen and oxygen atoms in total. The smallest absolute Gasteiger partial charge is 0.247 e. The summed E-state index contributed by atoms with van der Waals surface area (Å²) >= 11 is 0. The Morgan fingerprint density at radius 3 is 2.65 bits per heavy atom. The van der Waals surface area contributed by atoms with Crippen LogP contribution in [-0.4, -0.2) is 65.7 Å². The summed E-state index contributed by atoms with van der Waals surface area (Å²) in [6, 6.07) is 7.37. The molecular formula is C23H28N8O3. The third-order valence-electron chi connectivity index (χ3n) is 5.14. The third-order valence-corrected chi connectivity index (χ3v) is 5.14. The summed E-state index contributed by atoms with van der Waals surface area (Å²) in [5.41, 5.74) is 3.17. The maximum Gasteiger partial charge on any atom is 0.247 e. The molecule has 0 unspecified atom stereocenters. The summed E-state index contributed by atoms with van der Waals surface area (Å²) in [7, 11) is 1.66. The van der Waals surface area contributed by atoms with Crippen LogP contribution in [-0.2, 0) is 20.8 Å². The van der Waals surface area contributed by atoms with Crippen LogP contribution in [0.2, 0.25) is 0 Å². The van der Waals surface area contributed by atoms with Crippen LogP contribution in [0.15, 0.2) is 55.5 Å². The lowest BCUT2D eigenvalue weighted by atomic mass is 10.2. The molecular weight excluding hydrogens is 436 g/mol. The van der Waals surface area contributed by atoms with Gasteiger partial charge in [0.1, 0.15) is 0 Å². The van der Waals surface area contributed by atoms with Crippen molar-refractivity contribution in [2.75, 3.05) is 60.9 Å². The second-order valence-corrected chi connectivity index (χ2v) is 7.53. The van der Waals surface area contributed by atoms with E-state index in [1.165, 1.54) is 6.08 Å². The van der Waals surface area contributed by atoms with Crippen molar-refractivity contribution in [2.24, 2.45) is 0 Å². The molecule has 0 aliphatic carbocycles. The van der Waals surface area contributed by atoms with E-state index in [4.69, 9.17) is 14.5 Å². The molecule has 0 spiro atoms. The summed E-state index contributed by atoms with van der Waals surface area (Å²) in [5, 5.41) is 13.6. The largest absolute Gasteiger partial charge is 0.383 e. The van der Waals surface area contributed by atoms with Gasteiger partial charge in [0.05, 0.1) is 50.1 Å². The van der Waals surface area contributed by atoms with Crippen LogP contribution in [0.3, 0.4) is 0 Å². The van der Waals surface area contributed by atoms with E-state index in [-0.39, 0.29) is 5.91 Å². The minimum Gasteiger partial charge on any atom is -0.383 e. The highest BCUT2D eigenvalue weighted by atomic mass is 16.5. The van der Waals surface area contributed by atoms with Crippen molar-refractivity contribution >= 4 is 40.4 Å². The van der Waals surface area contributed by atoms with Gasteiger partial charge in [-0.05, 0) is 30.3 Å². The third kappa shape index (κ3) is 6.09. The Labute approximate surface area is 197 Å². The zero-order valence-corrected chi connectivity index (χ0v) is 19.0. The van der Waals surface area contributed by atoms with Crippen LogP contribution >= 0.6 is 0 Å². The van der Waals surface area contributed by atoms with E-state index in [2.05, 4.69) is 37.5 Å². The molecule has 0 saturated carbocycles. The second-order valence-electron chi connectivity index (χ2n) is 7.53. The molecule has 3 N–H and O–H groups in total.